The largest absolute Gasteiger partial charge is 0.369 e. The van der Waals surface area contributed by atoms with Crippen molar-refractivity contribution in [1.29, 1.82) is 0 Å². The van der Waals surface area contributed by atoms with Gasteiger partial charge in [0.25, 0.3) is 0 Å². The molecule has 0 fully saturated rings. The van der Waals surface area contributed by atoms with Crippen LogP contribution in [0.15, 0.2) is 18.3 Å². The molecule has 1 aromatic heterocycles. The molecule has 0 atom stereocenters. The fourth-order valence-corrected chi connectivity index (χ4v) is 2.02. The van der Waals surface area contributed by atoms with Gasteiger partial charge in [0.05, 0.1) is 5.02 Å². The first-order chi connectivity index (χ1) is 8.00. The Bertz CT molecular complexity index is 314. The van der Waals surface area contributed by atoms with Gasteiger partial charge in [0, 0.05) is 31.4 Å². The van der Waals surface area contributed by atoms with Crippen LogP contribution in [0.25, 0.3) is 0 Å². The van der Waals surface area contributed by atoms with E-state index in [2.05, 4.69) is 42.9 Å². The maximum atomic E-state index is 5.78. The Labute approximate surface area is 109 Å². The summed E-state index contributed by atoms with van der Waals surface area (Å²) in [7, 11) is 0. The van der Waals surface area contributed by atoms with E-state index >= 15 is 0 Å². The summed E-state index contributed by atoms with van der Waals surface area (Å²) in [4.78, 5) is 6.65. The van der Waals surface area contributed by atoms with Crippen LogP contribution in [0.3, 0.4) is 0 Å². The predicted octanol–water partition coefficient (Wildman–Crippen LogP) is 3.27. The Morgan fingerprint density at radius 3 is 2.35 bits per heavy atom. The minimum atomic E-state index is 0.565. The molecule has 0 aliphatic heterocycles. The summed E-state index contributed by atoms with van der Waals surface area (Å²) < 4.78 is 0. The van der Waals surface area contributed by atoms with E-state index < -0.39 is 0 Å². The average Bonchev–Trinajstić information content (AvgIpc) is 2.25. The molecule has 17 heavy (non-hydrogen) atoms. The minimum Gasteiger partial charge on any atom is -0.369 e. The third kappa shape index (κ3) is 4.92. The average molecular weight is 256 g/mol. The second kappa shape index (κ2) is 6.82. The van der Waals surface area contributed by atoms with Crippen molar-refractivity contribution in [2.75, 3.05) is 18.4 Å². The van der Waals surface area contributed by atoms with Crippen LogP contribution in [0.2, 0.25) is 5.02 Å². The van der Waals surface area contributed by atoms with Gasteiger partial charge < -0.3 is 5.32 Å². The first-order valence-electron chi connectivity index (χ1n) is 6.12. The van der Waals surface area contributed by atoms with Crippen LogP contribution in [0, 0.1) is 0 Å². The summed E-state index contributed by atoms with van der Waals surface area (Å²) in [6, 6.07) is 4.88. The molecule has 0 unspecified atom stereocenters. The second-order valence-corrected chi connectivity index (χ2v) is 5.15. The highest BCUT2D eigenvalue weighted by Gasteiger charge is 2.12. The van der Waals surface area contributed by atoms with Crippen molar-refractivity contribution in [3.8, 4) is 0 Å². The molecule has 0 spiro atoms. The molecule has 1 heterocycles. The molecule has 0 saturated carbocycles. The van der Waals surface area contributed by atoms with E-state index in [1.807, 2.05) is 12.1 Å². The van der Waals surface area contributed by atoms with E-state index in [-0.39, 0.29) is 0 Å². The number of rotatable bonds is 6. The smallest absolute Gasteiger partial charge is 0.126 e. The van der Waals surface area contributed by atoms with Crippen molar-refractivity contribution in [1.82, 2.24) is 9.88 Å². The molecule has 1 N–H and O–H groups in total. The van der Waals surface area contributed by atoms with Crippen LogP contribution in [-0.2, 0) is 0 Å². The molecular formula is C13H22ClN3. The molecule has 0 saturated heterocycles. The van der Waals surface area contributed by atoms with Crippen molar-refractivity contribution < 1.29 is 0 Å². The lowest BCUT2D eigenvalue weighted by Gasteiger charge is -2.30. The molecule has 0 aromatic carbocycles. The van der Waals surface area contributed by atoms with Gasteiger partial charge in [-0.05, 0) is 39.8 Å². The van der Waals surface area contributed by atoms with Gasteiger partial charge in [-0.2, -0.15) is 0 Å². The zero-order valence-corrected chi connectivity index (χ0v) is 11.8. The Balaban J connectivity index is 2.38. The topological polar surface area (TPSA) is 28.2 Å². The highest BCUT2D eigenvalue weighted by atomic mass is 35.5. The van der Waals surface area contributed by atoms with Gasteiger partial charge in [-0.25, -0.2) is 4.98 Å². The summed E-state index contributed by atoms with van der Waals surface area (Å²) in [6.45, 7) is 10.8. The number of hydrogen-bond donors (Lipinski definition) is 1. The lowest BCUT2D eigenvalue weighted by molar-refractivity contribution is 0.182. The zero-order chi connectivity index (χ0) is 12.8. The van der Waals surface area contributed by atoms with Crippen LogP contribution >= 0.6 is 11.6 Å². The molecule has 0 aliphatic carbocycles. The van der Waals surface area contributed by atoms with E-state index in [0.717, 1.165) is 18.9 Å². The maximum absolute atomic E-state index is 5.78. The molecule has 0 bridgehead atoms. The second-order valence-electron chi connectivity index (χ2n) is 4.71. The van der Waals surface area contributed by atoms with Crippen molar-refractivity contribution in [3.05, 3.63) is 23.4 Å². The first-order valence-corrected chi connectivity index (χ1v) is 6.49. The summed E-state index contributed by atoms with van der Waals surface area (Å²) in [5.41, 5.74) is 0. The molecule has 96 valence electrons. The van der Waals surface area contributed by atoms with Gasteiger partial charge in [0.2, 0.25) is 0 Å². The highest BCUT2D eigenvalue weighted by molar-refractivity contribution is 6.30. The normalized spacial score (nSPS) is 11.5. The number of aromatic nitrogens is 1. The molecule has 0 aliphatic rings. The fourth-order valence-electron chi connectivity index (χ4n) is 1.91. The van der Waals surface area contributed by atoms with Crippen molar-refractivity contribution in [2.24, 2.45) is 0 Å². The molecule has 4 heteroatoms. The highest BCUT2D eigenvalue weighted by Crippen LogP contribution is 2.09. The summed E-state index contributed by atoms with van der Waals surface area (Å²) >= 11 is 5.78. The zero-order valence-electron chi connectivity index (χ0n) is 11.1. The van der Waals surface area contributed by atoms with Crippen molar-refractivity contribution >= 4 is 17.4 Å². The van der Waals surface area contributed by atoms with Gasteiger partial charge in [-0.15, -0.1) is 0 Å². The van der Waals surface area contributed by atoms with Gasteiger partial charge in [-0.1, -0.05) is 11.6 Å². The number of nitrogens with zero attached hydrogens (tertiary/aromatic N) is 2. The van der Waals surface area contributed by atoms with E-state index in [0.29, 0.717) is 17.1 Å². The Hall–Kier alpha value is -0.800. The number of nitrogens with one attached hydrogen (secondary N) is 1. The Morgan fingerprint density at radius 1 is 1.24 bits per heavy atom. The molecule has 1 aromatic rings. The first kappa shape index (κ1) is 14.3. The van der Waals surface area contributed by atoms with E-state index in [1.165, 1.54) is 0 Å². The van der Waals surface area contributed by atoms with Gasteiger partial charge in [0.1, 0.15) is 5.82 Å². The van der Waals surface area contributed by atoms with Crippen LogP contribution in [0.5, 0.6) is 0 Å². The monoisotopic (exact) mass is 255 g/mol. The SMILES string of the molecule is CC(C)N(CCNc1ccc(Cl)cn1)C(C)C. The van der Waals surface area contributed by atoms with E-state index in [4.69, 9.17) is 11.6 Å². The standard InChI is InChI=1S/C13H22ClN3/c1-10(2)17(11(3)4)8-7-15-13-6-5-12(14)9-16-13/h5-6,9-11H,7-8H2,1-4H3,(H,15,16). The Kier molecular flexibility index (Phi) is 5.72. The van der Waals surface area contributed by atoms with Crippen molar-refractivity contribution in [2.45, 2.75) is 39.8 Å². The van der Waals surface area contributed by atoms with Crippen LogP contribution < -0.4 is 5.32 Å². The third-order valence-electron chi connectivity index (χ3n) is 2.73. The molecule has 0 amide bonds. The number of pyridine rings is 1. The number of hydrogen-bond acceptors (Lipinski definition) is 3. The third-order valence-corrected chi connectivity index (χ3v) is 2.95. The van der Waals surface area contributed by atoms with Crippen molar-refractivity contribution in [3.63, 3.8) is 0 Å². The van der Waals surface area contributed by atoms with Crippen LogP contribution in [0.4, 0.5) is 5.82 Å². The lowest BCUT2D eigenvalue weighted by atomic mass is 10.2. The summed E-state index contributed by atoms with van der Waals surface area (Å²) in [5.74, 6) is 0.877. The predicted molar refractivity (Wildman–Crippen MR) is 74.7 cm³/mol. The molecule has 3 nitrogen and oxygen atoms in total. The van der Waals surface area contributed by atoms with Gasteiger partial charge in [0.15, 0.2) is 0 Å². The number of anilines is 1. The molecule has 0 radical (unpaired) electrons. The summed E-state index contributed by atoms with van der Waals surface area (Å²) in [5, 5.41) is 3.97. The lowest BCUT2D eigenvalue weighted by Crippen LogP contribution is -2.40. The van der Waals surface area contributed by atoms with E-state index in [1.54, 1.807) is 6.20 Å². The van der Waals surface area contributed by atoms with Crippen LogP contribution in [-0.4, -0.2) is 35.1 Å². The summed E-state index contributed by atoms with van der Waals surface area (Å²) in [6.07, 6.45) is 1.66. The van der Waals surface area contributed by atoms with E-state index in [9.17, 15) is 0 Å². The fraction of sp³-hybridized carbons (Fsp3) is 0.615. The maximum Gasteiger partial charge on any atom is 0.126 e. The van der Waals surface area contributed by atoms with Gasteiger partial charge >= 0.3 is 0 Å². The molecule has 1 rings (SSSR count). The van der Waals surface area contributed by atoms with Crippen LogP contribution in [0.1, 0.15) is 27.7 Å². The quantitative estimate of drug-likeness (QED) is 0.846. The molecular weight excluding hydrogens is 234 g/mol. The minimum absolute atomic E-state index is 0.565. The Morgan fingerprint density at radius 2 is 1.88 bits per heavy atom. The number of halogens is 1. The van der Waals surface area contributed by atoms with Gasteiger partial charge in [-0.3, -0.25) is 4.90 Å².